The molecule has 2 rings (SSSR count). The van der Waals surface area contributed by atoms with Crippen LogP contribution in [-0.4, -0.2) is 24.2 Å². The van der Waals surface area contributed by atoms with E-state index in [1.165, 1.54) is 7.11 Å². The maximum absolute atomic E-state index is 12.2. The van der Waals surface area contributed by atoms with Crippen LogP contribution in [0.25, 0.3) is 0 Å². The molecule has 1 amide bonds. The summed E-state index contributed by atoms with van der Waals surface area (Å²) in [6, 6.07) is 13.0. The Morgan fingerprint density at radius 2 is 1.95 bits per heavy atom. The van der Waals surface area contributed by atoms with Gasteiger partial charge in [0.2, 0.25) is 5.91 Å². The molecule has 0 saturated heterocycles. The van der Waals surface area contributed by atoms with Crippen LogP contribution in [-0.2, 0) is 16.1 Å². The molecule has 5 heteroatoms. The Kier molecular flexibility index (Phi) is 4.68. The van der Waals surface area contributed by atoms with Crippen molar-refractivity contribution in [3.8, 4) is 0 Å². The fourth-order valence-electron chi connectivity index (χ4n) is 1.85. The molecule has 0 atom stereocenters. The van der Waals surface area contributed by atoms with Gasteiger partial charge in [-0.05, 0) is 17.7 Å². The quantitative estimate of drug-likeness (QED) is 0.897. The summed E-state index contributed by atoms with van der Waals surface area (Å²) in [6.07, 6.45) is 1.70. The van der Waals surface area contributed by atoms with Gasteiger partial charge in [-0.25, -0.2) is 0 Å². The number of nitrogens with one attached hydrogen (secondary N) is 1. The Balaban J connectivity index is 2.19. The molecule has 1 N–H and O–H groups in total. The van der Waals surface area contributed by atoms with Gasteiger partial charge in [0.05, 0.1) is 6.54 Å². The normalized spacial score (nSPS) is 10.2. The van der Waals surface area contributed by atoms with Crippen LogP contribution in [0.1, 0.15) is 5.56 Å². The van der Waals surface area contributed by atoms with E-state index >= 15 is 0 Å². The van der Waals surface area contributed by atoms with Crippen molar-refractivity contribution >= 4 is 11.6 Å². The second kappa shape index (κ2) is 6.68. The number of hydrogen-bond donors (Lipinski definition) is 1. The maximum Gasteiger partial charge on any atom is 0.274 e. The predicted molar refractivity (Wildman–Crippen MR) is 76.8 cm³/mol. The molecule has 0 fully saturated rings. The van der Waals surface area contributed by atoms with Gasteiger partial charge < -0.3 is 14.6 Å². The van der Waals surface area contributed by atoms with Crippen LogP contribution in [0, 0.1) is 0 Å². The molecule has 0 unspecified atom stereocenters. The number of methoxy groups -OCH3 is 1. The van der Waals surface area contributed by atoms with Crippen LogP contribution >= 0.6 is 0 Å². The fraction of sp³-hybridized carbons (Fsp3) is 0.200. The van der Waals surface area contributed by atoms with Crippen molar-refractivity contribution in [2.75, 3.05) is 19.0 Å². The lowest BCUT2D eigenvalue weighted by Crippen LogP contribution is -2.27. The smallest absolute Gasteiger partial charge is 0.274 e. The molecule has 0 spiro atoms. The molecule has 104 valence electrons. The standard InChI is InChI=1S/C15H16N2O3/c1-20-11-14(18)16-13-8-5-9-17(15(13)19)10-12-6-3-2-4-7-12/h2-9H,10-11H2,1H3,(H,16,18). The molecule has 1 aromatic carbocycles. The number of nitrogens with zero attached hydrogens (tertiary/aromatic N) is 1. The van der Waals surface area contributed by atoms with E-state index in [-0.39, 0.29) is 23.8 Å². The highest BCUT2D eigenvalue weighted by Crippen LogP contribution is 2.03. The molecule has 0 aliphatic carbocycles. The number of ether oxygens (including phenoxy) is 1. The minimum Gasteiger partial charge on any atom is -0.375 e. The third-order valence-electron chi connectivity index (χ3n) is 2.77. The summed E-state index contributed by atoms with van der Waals surface area (Å²) in [4.78, 5) is 23.7. The minimum absolute atomic E-state index is 0.0764. The van der Waals surface area contributed by atoms with E-state index in [1.54, 1.807) is 22.9 Å². The highest BCUT2D eigenvalue weighted by Gasteiger charge is 2.07. The lowest BCUT2D eigenvalue weighted by Gasteiger charge is -2.09. The maximum atomic E-state index is 12.2. The van der Waals surface area contributed by atoms with Crippen molar-refractivity contribution in [3.63, 3.8) is 0 Å². The zero-order valence-electron chi connectivity index (χ0n) is 11.2. The average molecular weight is 272 g/mol. The Morgan fingerprint density at radius 3 is 2.65 bits per heavy atom. The molecule has 20 heavy (non-hydrogen) atoms. The average Bonchev–Trinajstić information content (AvgIpc) is 2.45. The topological polar surface area (TPSA) is 60.3 Å². The molecular formula is C15H16N2O3. The van der Waals surface area contributed by atoms with E-state index in [9.17, 15) is 9.59 Å². The molecule has 1 aromatic heterocycles. The number of aromatic nitrogens is 1. The molecule has 0 saturated carbocycles. The number of carbonyl (C=O) groups is 1. The van der Waals surface area contributed by atoms with Gasteiger partial charge in [0, 0.05) is 13.3 Å². The molecule has 0 aliphatic rings. The van der Waals surface area contributed by atoms with Gasteiger partial charge in [0.25, 0.3) is 5.56 Å². The molecule has 1 heterocycles. The first-order chi connectivity index (χ1) is 9.70. The zero-order valence-corrected chi connectivity index (χ0v) is 11.2. The van der Waals surface area contributed by atoms with E-state index < -0.39 is 0 Å². The number of carbonyl (C=O) groups excluding carboxylic acids is 1. The summed E-state index contributed by atoms with van der Waals surface area (Å²) in [5.74, 6) is -0.345. The molecular weight excluding hydrogens is 256 g/mol. The van der Waals surface area contributed by atoms with Gasteiger partial charge in [0.15, 0.2) is 0 Å². The highest BCUT2D eigenvalue weighted by molar-refractivity contribution is 5.91. The van der Waals surface area contributed by atoms with E-state index in [4.69, 9.17) is 4.74 Å². The third-order valence-corrected chi connectivity index (χ3v) is 2.77. The number of pyridine rings is 1. The van der Waals surface area contributed by atoms with Crippen molar-refractivity contribution in [1.82, 2.24) is 4.57 Å². The first kappa shape index (κ1) is 14.0. The summed E-state index contributed by atoms with van der Waals surface area (Å²) in [6.45, 7) is 0.390. The Hall–Kier alpha value is -2.40. The Labute approximate surface area is 116 Å². The number of benzene rings is 1. The van der Waals surface area contributed by atoms with Gasteiger partial charge in [0.1, 0.15) is 12.3 Å². The summed E-state index contributed by atoms with van der Waals surface area (Å²) in [5, 5.41) is 2.54. The van der Waals surface area contributed by atoms with Crippen LogP contribution in [0.15, 0.2) is 53.5 Å². The van der Waals surface area contributed by atoms with Crippen molar-refractivity contribution in [3.05, 3.63) is 64.6 Å². The summed E-state index contributed by atoms with van der Waals surface area (Å²) >= 11 is 0. The largest absolute Gasteiger partial charge is 0.375 e. The van der Waals surface area contributed by atoms with Gasteiger partial charge in [-0.2, -0.15) is 0 Å². The lowest BCUT2D eigenvalue weighted by molar-refractivity contribution is -0.119. The molecule has 2 aromatic rings. The van der Waals surface area contributed by atoms with Crippen LogP contribution in [0.4, 0.5) is 5.69 Å². The Morgan fingerprint density at radius 1 is 1.20 bits per heavy atom. The van der Waals surface area contributed by atoms with E-state index in [0.29, 0.717) is 6.54 Å². The highest BCUT2D eigenvalue weighted by atomic mass is 16.5. The second-order valence-corrected chi connectivity index (χ2v) is 4.32. The monoisotopic (exact) mass is 272 g/mol. The number of amides is 1. The summed E-state index contributed by atoms with van der Waals surface area (Å²) in [7, 11) is 1.43. The lowest BCUT2D eigenvalue weighted by atomic mass is 10.2. The van der Waals surface area contributed by atoms with Crippen molar-refractivity contribution in [2.45, 2.75) is 6.54 Å². The summed E-state index contributed by atoms with van der Waals surface area (Å²) in [5.41, 5.74) is 1.04. The van der Waals surface area contributed by atoms with Gasteiger partial charge in [-0.1, -0.05) is 30.3 Å². The van der Waals surface area contributed by atoms with E-state index in [2.05, 4.69) is 5.32 Å². The van der Waals surface area contributed by atoms with Crippen molar-refractivity contribution in [1.29, 1.82) is 0 Å². The van der Waals surface area contributed by atoms with Crippen LogP contribution in [0.5, 0.6) is 0 Å². The third kappa shape index (κ3) is 3.55. The van der Waals surface area contributed by atoms with Crippen LogP contribution in [0.2, 0.25) is 0 Å². The number of rotatable bonds is 5. The van der Waals surface area contributed by atoms with Crippen LogP contribution < -0.4 is 10.9 Å². The second-order valence-electron chi connectivity index (χ2n) is 4.32. The predicted octanol–water partition coefficient (Wildman–Crippen LogP) is 1.48. The first-order valence-corrected chi connectivity index (χ1v) is 6.23. The SMILES string of the molecule is COCC(=O)Nc1cccn(Cc2ccccc2)c1=O. The molecule has 0 radical (unpaired) electrons. The molecule has 0 bridgehead atoms. The number of hydrogen-bond acceptors (Lipinski definition) is 3. The zero-order chi connectivity index (χ0) is 14.4. The summed E-state index contributed by atoms with van der Waals surface area (Å²) < 4.78 is 6.27. The number of anilines is 1. The van der Waals surface area contributed by atoms with E-state index in [1.807, 2.05) is 30.3 Å². The molecule has 5 nitrogen and oxygen atoms in total. The molecule has 0 aliphatic heterocycles. The Bertz CT molecular complexity index is 635. The van der Waals surface area contributed by atoms with Crippen molar-refractivity contribution < 1.29 is 9.53 Å². The van der Waals surface area contributed by atoms with Crippen molar-refractivity contribution in [2.24, 2.45) is 0 Å². The fourth-order valence-corrected chi connectivity index (χ4v) is 1.85. The van der Waals surface area contributed by atoms with E-state index in [0.717, 1.165) is 5.56 Å². The van der Waals surface area contributed by atoms with Gasteiger partial charge in [-0.3, -0.25) is 9.59 Å². The van der Waals surface area contributed by atoms with Crippen LogP contribution in [0.3, 0.4) is 0 Å². The first-order valence-electron chi connectivity index (χ1n) is 6.23. The van der Waals surface area contributed by atoms with Gasteiger partial charge in [-0.15, -0.1) is 0 Å². The minimum atomic E-state index is -0.345. The van der Waals surface area contributed by atoms with Gasteiger partial charge >= 0.3 is 0 Å².